The van der Waals surface area contributed by atoms with Gasteiger partial charge in [-0.25, -0.2) is 0 Å². The topological polar surface area (TPSA) is 39.3 Å². The van der Waals surface area contributed by atoms with E-state index in [4.69, 9.17) is 0 Å². The highest BCUT2D eigenvalue weighted by atomic mass is 28.2. The van der Waals surface area contributed by atoms with Crippen molar-refractivity contribution < 1.29 is 0 Å². The molecular weight excluding hydrogens is 204 g/mol. The lowest BCUT2D eigenvalue weighted by Crippen LogP contribution is -2.72. The van der Waals surface area contributed by atoms with Gasteiger partial charge >= 0.3 is 0 Å². The zero-order valence-corrected chi connectivity index (χ0v) is 13.1. The predicted octanol–water partition coefficient (Wildman–Crippen LogP) is -0.931. The van der Waals surface area contributed by atoms with Gasteiger partial charge in [-0.2, -0.15) is 0 Å². The van der Waals surface area contributed by atoms with Crippen molar-refractivity contribution in [3.8, 4) is 0 Å². The lowest BCUT2D eigenvalue weighted by molar-refractivity contribution is 0.0213. The van der Waals surface area contributed by atoms with Crippen molar-refractivity contribution in [2.45, 2.75) is 39.0 Å². The van der Waals surface area contributed by atoms with Crippen LogP contribution in [0.4, 0.5) is 0 Å². The van der Waals surface area contributed by atoms with Gasteiger partial charge in [0.1, 0.15) is 5.79 Å². The summed E-state index contributed by atoms with van der Waals surface area (Å²) in [6, 6.07) is 0.581. The summed E-state index contributed by atoms with van der Waals surface area (Å²) in [5.74, 6) is -0.0921. The van der Waals surface area contributed by atoms with Gasteiger partial charge in [0.2, 0.25) is 0 Å². The van der Waals surface area contributed by atoms with Gasteiger partial charge in [0.05, 0.1) is 10.4 Å². The van der Waals surface area contributed by atoms with Crippen LogP contribution in [0.25, 0.3) is 0 Å². The van der Waals surface area contributed by atoms with Gasteiger partial charge in [-0.15, -0.1) is 0 Å². The molecule has 92 valence electrons. The van der Waals surface area contributed by atoms with Gasteiger partial charge in [0, 0.05) is 12.6 Å². The summed E-state index contributed by atoms with van der Waals surface area (Å²) < 4.78 is 0. The Hall–Kier alpha value is 0.0569. The molecule has 0 fully saturated rings. The molecule has 0 spiro atoms. The lowest BCUT2D eigenvalue weighted by atomic mass is 10.1. The van der Waals surface area contributed by atoms with E-state index in [1.165, 1.54) is 6.42 Å². The summed E-state index contributed by atoms with van der Waals surface area (Å²) >= 11 is 0. The quantitative estimate of drug-likeness (QED) is 0.374. The average molecular weight is 232 g/mol. The standard InChI is InChI=1S/C10H28N4Si/c1-6-9(3)14(7-2)10(12-5,13-15)8-11-4/h9,11-13H,6-8H2,1-5,15H3. The molecule has 0 saturated carbocycles. The number of nitrogens with zero attached hydrogens (tertiary/aromatic N) is 1. The number of rotatable bonds is 8. The van der Waals surface area contributed by atoms with Crippen LogP contribution in [0.3, 0.4) is 0 Å². The van der Waals surface area contributed by atoms with Crippen LogP contribution >= 0.6 is 0 Å². The first kappa shape index (κ1) is 15.1. The molecule has 0 aromatic carbocycles. The lowest BCUT2D eigenvalue weighted by Gasteiger charge is -2.46. The zero-order chi connectivity index (χ0) is 11.9. The van der Waals surface area contributed by atoms with Crippen LogP contribution in [0.2, 0.25) is 0 Å². The third-order valence-corrected chi connectivity index (χ3v) is 4.04. The predicted molar refractivity (Wildman–Crippen MR) is 70.9 cm³/mol. The van der Waals surface area contributed by atoms with Crippen molar-refractivity contribution in [2.24, 2.45) is 0 Å². The minimum absolute atomic E-state index is 0.0921. The summed E-state index contributed by atoms with van der Waals surface area (Å²) in [5, 5.41) is 6.68. The van der Waals surface area contributed by atoms with Gasteiger partial charge < -0.3 is 10.3 Å². The zero-order valence-electron chi connectivity index (χ0n) is 11.1. The maximum atomic E-state index is 3.52. The van der Waals surface area contributed by atoms with Gasteiger partial charge in [-0.05, 0) is 34.0 Å². The Labute approximate surface area is 97.7 Å². The van der Waals surface area contributed by atoms with Gasteiger partial charge in [-0.3, -0.25) is 10.2 Å². The molecule has 2 atom stereocenters. The first-order valence-electron chi connectivity index (χ1n) is 5.90. The second-order valence-electron chi connectivity index (χ2n) is 3.93. The van der Waals surface area contributed by atoms with Crippen LogP contribution in [-0.4, -0.2) is 54.3 Å². The highest BCUT2D eigenvalue weighted by Crippen LogP contribution is 2.13. The van der Waals surface area contributed by atoms with Crippen LogP contribution in [0.5, 0.6) is 0 Å². The Balaban J connectivity index is 4.81. The third-order valence-electron chi connectivity index (χ3n) is 3.21. The maximum Gasteiger partial charge on any atom is 0.132 e. The van der Waals surface area contributed by atoms with E-state index in [-0.39, 0.29) is 5.79 Å². The summed E-state index contributed by atoms with van der Waals surface area (Å²) in [6.07, 6.45) is 1.17. The van der Waals surface area contributed by atoms with Crippen molar-refractivity contribution >= 4 is 10.4 Å². The smallest absolute Gasteiger partial charge is 0.132 e. The van der Waals surface area contributed by atoms with Crippen molar-refractivity contribution in [1.82, 2.24) is 20.5 Å². The Morgan fingerprint density at radius 1 is 1.33 bits per heavy atom. The molecule has 0 aromatic heterocycles. The molecule has 0 bridgehead atoms. The monoisotopic (exact) mass is 232 g/mol. The van der Waals surface area contributed by atoms with Gasteiger partial charge in [0.15, 0.2) is 0 Å². The summed E-state index contributed by atoms with van der Waals surface area (Å²) in [5.41, 5.74) is 0. The molecule has 3 N–H and O–H groups in total. The van der Waals surface area contributed by atoms with Crippen molar-refractivity contribution in [3.05, 3.63) is 0 Å². The molecule has 0 aromatic rings. The fraction of sp³-hybridized carbons (Fsp3) is 1.00. The molecular formula is C10H28N4Si. The summed E-state index contributed by atoms with van der Waals surface area (Å²) in [4.78, 5) is 6.01. The first-order valence-corrected chi connectivity index (χ1v) is 6.90. The van der Waals surface area contributed by atoms with Crippen molar-refractivity contribution in [2.75, 3.05) is 27.2 Å². The normalized spacial score (nSPS) is 18.0. The molecule has 0 aliphatic rings. The molecule has 0 amide bonds. The fourth-order valence-corrected chi connectivity index (χ4v) is 2.84. The second kappa shape index (κ2) is 7.35. The molecule has 0 radical (unpaired) electrons. The molecule has 0 aliphatic carbocycles. The Morgan fingerprint density at radius 2 is 1.93 bits per heavy atom. The minimum Gasteiger partial charge on any atom is -0.316 e. The molecule has 0 rings (SSSR count). The van der Waals surface area contributed by atoms with E-state index in [1.54, 1.807) is 0 Å². The fourth-order valence-electron chi connectivity index (χ4n) is 2.12. The maximum absolute atomic E-state index is 3.52. The SMILES string of the molecule is CCC(C)N(CC)C(CNC)(NC)N[SiH3]. The first-order chi connectivity index (χ1) is 7.11. The molecule has 4 nitrogen and oxygen atoms in total. The highest BCUT2D eigenvalue weighted by molar-refractivity contribution is 6.04. The number of hydrogen-bond donors (Lipinski definition) is 3. The Morgan fingerprint density at radius 3 is 2.20 bits per heavy atom. The molecule has 0 heterocycles. The van der Waals surface area contributed by atoms with E-state index in [0.29, 0.717) is 6.04 Å². The van der Waals surface area contributed by atoms with E-state index in [1.807, 2.05) is 14.1 Å². The third kappa shape index (κ3) is 3.53. The molecule has 5 heteroatoms. The summed E-state index contributed by atoms with van der Waals surface area (Å²) in [7, 11) is 4.99. The Bertz CT molecular complexity index is 162. The number of likely N-dealkylation sites (N-methyl/N-ethyl adjacent to an activating group) is 3. The van der Waals surface area contributed by atoms with Crippen LogP contribution in [-0.2, 0) is 0 Å². The molecule has 2 unspecified atom stereocenters. The average Bonchev–Trinajstić information content (AvgIpc) is 2.28. The van der Waals surface area contributed by atoms with E-state index in [2.05, 4.69) is 41.3 Å². The van der Waals surface area contributed by atoms with Gasteiger partial charge in [-0.1, -0.05) is 13.8 Å². The Kier molecular flexibility index (Phi) is 7.38. The van der Waals surface area contributed by atoms with Crippen LogP contribution in [0.15, 0.2) is 0 Å². The number of hydrogen-bond acceptors (Lipinski definition) is 4. The highest BCUT2D eigenvalue weighted by Gasteiger charge is 2.33. The van der Waals surface area contributed by atoms with Gasteiger partial charge in [0.25, 0.3) is 0 Å². The van der Waals surface area contributed by atoms with Crippen molar-refractivity contribution in [1.29, 1.82) is 0 Å². The van der Waals surface area contributed by atoms with E-state index < -0.39 is 0 Å². The molecule has 15 heavy (non-hydrogen) atoms. The van der Waals surface area contributed by atoms with E-state index in [9.17, 15) is 0 Å². The summed E-state index contributed by atoms with van der Waals surface area (Å²) in [6.45, 7) is 8.69. The van der Waals surface area contributed by atoms with E-state index >= 15 is 0 Å². The minimum atomic E-state index is -0.0921. The number of nitrogens with one attached hydrogen (secondary N) is 3. The van der Waals surface area contributed by atoms with Crippen molar-refractivity contribution in [3.63, 3.8) is 0 Å². The molecule has 0 aliphatic heterocycles. The molecule has 0 saturated heterocycles. The van der Waals surface area contributed by atoms with Crippen LogP contribution in [0.1, 0.15) is 27.2 Å². The second-order valence-corrected chi connectivity index (χ2v) is 4.43. The van der Waals surface area contributed by atoms with E-state index in [0.717, 1.165) is 23.5 Å². The largest absolute Gasteiger partial charge is 0.316 e. The van der Waals surface area contributed by atoms with Crippen LogP contribution in [0, 0.1) is 0 Å². The van der Waals surface area contributed by atoms with Crippen LogP contribution < -0.4 is 15.6 Å².